The molecule has 1 aliphatic carbocycles. The molecule has 2 fully saturated rings. The molecule has 1 unspecified atom stereocenters. The number of nitrogens with one attached hydrogen (secondary N) is 1. The van der Waals surface area contributed by atoms with Gasteiger partial charge in [0.05, 0.1) is 6.04 Å². The zero-order valence-corrected chi connectivity index (χ0v) is 15.9. The summed E-state index contributed by atoms with van der Waals surface area (Å²) >= 11 is 0. The van der Waals surface area contributed by atoms with Gasteiger partial charge in [0.25, 0.3) is 0 Å². The Kier molecular flexibility index (Phi) is 7.03. The average molecular weight is 362 g/mol. The van der Waals surface area contributed by atoms with E-state index in [1.165, 1.54) is 38.2 Å². The van der Waals surface area contributed by atoms with Gasteiger partial charge in [0.2, 0.25) is 5.91 Å². The molecule has 1 aliphatic heterocycles. The minimum absolute atomic E-state index is 0.0780. The maximum absolute atomic E-state index is 14.6. The van der Waals surface area contributed by atoms with Gasteiger partial charge in [-0.2, -0.15) is 0 Å². The van der Waals surface area contributed by atoms with Crippen LogP contribution in [0.25, 0.3) is 0 Å². The maximum atomic E-state index is 14.6. The van der Waals surface area contributed by atoms with Gasteiger partial charge in [0.1, 0.15) is 5.82 Å². The first-order valence-electron chi connectivity index (χ1n) is 10.1. The van der Waals surface area contributed by atoms with Crippen molar-refractivity contribution in [1.82, 2.24) is 15.1 Å². The molecule has 1 saturated carbocycles. The molecule has 0 aromatic heterocycles. The van der Waals surface area contributed by atoms with Gasteiger partial charge in [-0.3, -0.25) is 9.69 Å². The molecule has 0 radical (unpaired) electrons. The number of piperazine rings is 1. The van der Waals surface area contributed by atoms with E-state index in [4.69, 9.17) is 0 Å². The van der Waals surface area contributed by atoms with Crippen molar-refractivity contribution in [3.8, 4) is 0 Å². The highest BCUT2D eigenvalue weighted by atomic mass is 19.1. The average Bonchev–Trinajstić information content (AvgIpc) is 2.67. The Bertz CT molecular complexity index is 582. The van der Waals surface area contributed by atoms with E-state index >= 15 is 0 Å². The Hall–Kier alpha value is -1.46. The second-order valence-corrected chi connectivity index (χ2v) is 7.75. The predicted octanol–water partition coefficient (Wildman–Crippen LogP) is 3.20. The second kappa shape index (κ2) is 9.47. The first kappa shape index (κ1) is 19.3. The first-order chi connectivity index (χ1) is 12.6. The second-order valence-electron chi connectivity index (χ2n) is 7.75. The molecule has 1 saturated heterocycles. The Morgan fingerprint density at radius 2 is 1.92 bits per heavy atom. The van der Waals surface area contributed by atoms with E-state index in [9.17, 15) is 9.18 Å². The van der Waals surface area contributed by atoms with Gasteiger partial charge in [0, 0.05) is 51.8 Å². The monoisotopic (exact) mass is 361 g/mol. The molecule has 144 valence electrons. The van der Waals surface area contributed by atoms with Crippen molar-refractivity contribution in [3.05, 3.63) is 35.6 Å². The van der Waals surface area contributed by atoms with E-state index in [-0.39, 0.29) is 17.8 Å². The van der Waals surface area contributed by atoms with Crippen molar-refractivity contribution in [3.63, 3.8) is 0 Å². The summed E-state index contributed by atoms with van der Waals surface area (Å²) in [6, 6.07) is 6.96. The molecule has 5 heteroatoms. The Labute approximate surface area is 156 Å². The number of halogens is 1. The van der Waals surface area contributed by atoms with Gasteiger partial charge in [-0.15, -0.1) is 0 Å². The van der Waals surface area contributed by atoms with Crippen molar-refractivity contribution in [2.75, 3.05) is 39.3 Å². The SMILES string of the molecule is CC(=O)N(CC1CCCCC1)CC(c1ccccc1F)N1CCNCC1. The molecular weight excluding hydrogens is 329 g/mol. The van der Waals surface area contributed by atoms with Crippen LogP contribution in [0.3, 0.4) is 0 Å². The Balaban J connectivity index is 1.77. The van der Waals surface area contributed by atoms with Crippen LogP contribution in [0.5, 0.6) is 0 Å². The lowest BCUT2D eigenvalue weighted by Crippen LogP contribution is -2.49. The van der Waals surface area contributed by atoms with Crippen LogP contribution < -0.4 is 5.32 Å². The molecule has 3 rings (SSSR count). The van der Waals surface area contributed by atoms with E-state index in [1.54, 1.807) is 13.0 Å². The van der Waals surface area contributed by atoms with Crippen molar-refractivity contribution in [2.24, 2.45) is 5.92 Å². The summed E-state index contributed by atoms with van der Waals surface area (Å²) < 4.78 is 14.6. The van der Waals surface area contributed by atoms with Crippen LogP contribution in [0, 0.1) is 11.7 Å². The standard InChI is InChI=1S/C21H32FN3O/c1-17(26)25(15-18-7-3-2-4-8-18)16-21(24-13-11-23-12-14-24)19-9-5-6-10-20(19)22/h5-6,9-10,18,21,23H,2-4,7-8,11-16H2,1H3. The smallest absolute Gasteiger partial charge is 0.219 e. The molecule has 0 spiro atoms. The summed E-state index contributed by atoms with van der Waals surface area (Å²) in [5, 5.41) is 3.36. The van der Waals surface area contributed by atoms with Crippen LogP contribution in [0.15, 0.2) is 24.3 Å². The summed E-state index contributed by atoms with van der Waals surface area (Å²) in [7, 11) is 0. The number of hydrogen-bond acceptors (Lipinski definition) is 3. The van der Waals surface area contributed by atoms with Crippen molar-refractivity contribution < 1.29 is 9.18 Å². The lowest BCUT2D eigenvalue weighted by molar-refractivity contribution is -0.130. The van der Waals surface area contributed by atoms with Crippen LogP contribution >= 0.6 is 0 Å². The lowest BCUT2D eigenvalue weighted by Gasteiger charge is -2.39. The molecular formula is C21H32FN3O. The van der Waals surface area contributed by atoms with Crippen molar-refractivity contribution in [2.45, 2.75) is 45.1 Å². The topological polar surface area (TPSA) is 35.6 Å². The predicted molar refractivity (Wildman–Crippen MR) is 102 cm³/mol. The Morgan fingerprint density at radius 1 is 1.23 bits per heavy atom. The fourth-order valence-corrected chi connectivity index (χ4v) is 4.37. The van der Waals surface area contributed by atoms with E-state index in [0.29, 0.717) is 18.0 Å². The number of carbonyl (C=O) groups excluding carboxylic acids is 1. The van der Waals surface area contributed by atoms with Gasteiger partial charge < -0.3 is 10.2 Å². The van der Waals surface area contributed by atoms with Crippen LogP contribution in [-0.2, 0) is 4.79 Å². The summed E-state index contributed by atoms with van der Waals surface area (Å²) in [4.78, 5) is 16.6. The number of hydrogen-bond donors (Lipinski definition) is 1. The number of amides is 1. The molecule has 4 nitrogen and oxygen atoms in total. The van der Waals surface area contributed by atoms with Crippen LogP contribution in [0.1, 0.15) is 50.6 Å². The molecule has 1 atom stereocenters. The molecule has 1 heterocycles. The molecule has 26 heavy (non-hydrogen) atoms. The quantitative estimate of drug-likeness (QED) is 0.845. The third-order valence-electron chi connectivity index (χ3n) is 5.90. The van der Waals surface area contributed by atoms with Crippen LogP contribution in [-0.4, -0.2) is 55.0 Å². The number of rotatable bonds is 6. The molecule has 1 N–H and O–H groups in total. The van der Waals surface area contributed by atoms with Gasteiger partial charge in [0.15, 0.2) is 0 Å². The fraction of sp³-hybridized carbons (Fsp3) is 0.667. The number of benzene rings is 1. The molecule has 1 amide bonds. The number of nitrogens with zero attached hydrogens (tertiary/aromatic N) is 2. The normalized spacial score (nSPS) is 20.7. The van der Waals surface area contributed by atoms with Gasteiger partial charge in [-0.25, -0.2) is 4.39 Å². The number of carbonyl (C=O) groups is 1. The lowest BCUT2D eigenvalue weighted by atomic mass is 9.88. The summed E-state index contributed by atoms with van der Waals surface area (Å²) in [6.45, 7) is 6.63. The fourth-order valence-electron chi connectivity index (χ4n) is 4.37. The van der Waals surface area contributed by atoms with E-state index in [2.05, 4.69) is 10.2 Å². The minimum Gasteiger partial charge on any atom is -0.341 e. The summed E-state index contributed by atoms with van der Waals surface area (Å²) in [5.41, 5.74) is 0.712. The molecule has 1 aromatic rings. The van der Waals surface area contributed by atoms with Crippen molar-refractivity contribution >= 4 is 5.91 Å². The maximum Gasteiger partial charge on any atom is 0.219 e. The highest BCUT2D eigenvalue weighted by Gasteiger charge is 2.28. The molecule has 2 aliphatic rings. The van der Waals surface area contributed by atoms with Crippen LogP contribution in [0.4, 0.5) is 4.39 Å². The van der Waals surface area contributed by atoms with Crippen LogP contribution in [0.2, 0.25) is 0 Å². The summed E-state index contributed by atoms with van der Waals surface area (Å²) in [5.74, 6) is 0.529. The van der Waals surface area contributed by atoms with Gasteiger partial charge in [-0.1, -0.05) is 37.5 Å². The van der Waals surface area contributed by atoms with E-state index in [0.717, 1.165) is 32.7 Å². The highest BCUT2D eigenvalue weighted by Crippen LogP contribution is 2.28. The van der Waals surface area contributed by atoms with Gasteiger partial charge >= 0.3 is 0 Å². The minimum atomic E-state index is -0.169. The largest absolute Gasteiger partial charge is 0.341 e. The van der Waals surface area contributed by atoms with Crippen molar-refractivity contribution in [1.29, 1.82) is 0 Å². The Morgan fingerprint density at radius 3 is 2.58 bits per heavy atom. The summed E-state index contributed by atoms with van der Waals surface area (Å²) in [6.07, 6.45) is 6.27. The zero-order valence-electron chi connectivity index (χ0n) is 15.9. The highest BCUT2D eigenvalue weighted by molar-refractivity contribution is 5.73. The van der Waals surface area contributed by atoms with E-state index in [1.807, 2.05) is 17.0 Å². The third-order valence-corrected chi connectivity index (χ3v) is 5.90. The molecule has 1 aromatic carbocycles. The zero-order chi connectivity index (χ0) is 18.4. The first-order valence-corrected chi connectivity index (χ1v) is 10.1. The third kappa shape index (κ3) is 5.04. The molecule has 0 bridgehead atoms. The van der Waals surface area contributed by atoms with E-state index < -0.39 is 0 Å². The van der Waals surface area contributed by atoms with Gasteiger partial charge in [-0.05, 0) is 24.8 Å².